The van der Waals surface area contributed by atoms with Crippen LogP contribution in [0.2, 0.25) is 0 Å². The van der Waals surface area contributed by atoms with E-state index in [2.05, 4.69) is 24.4 Å². The van der Waals surface area contributed by atoms with Crippen LogP contribution in [-0.2, 0) is 11.2 Å². The van der Waals surface area contributed by atoms with Crippen molar-refractivity contribution >= 4 is 17.5 Å². The van der Waals surface area contributed by atoms with Gasteiger partial charge in [-0.15, -0.1) is 0 Å². The van der Waals surface area contributed by atoms with Crippen molar-refractivity contribution in [2.75, 3.05) is 18.1 Å². The van der Waals surface area contributed by atoms with Crippen LogP contribution in [0.3, 0.4) is 0 Å². The van der Waals surface area contributed by atoms with E-state index in [1.807, 2.05) is 23.9 Å². The lowest BCUT2D eigenvalue weighted by Gasteiger charge is -2.22. The van der Waals surface area contributed by atoms with Crippen molar-refractivity contribution in [2.24, 2.45) is 0 Å². The summed E-state index contributed by atoms with van der Waals surface area (Å²) < 4.78 is 0. The molecule has 17 heavy (non-hydrogen) atoms. The standard InChI is InChI=1S/C14H19NOS/c1-11-3-2-4-12(7-11)8-14(16)9-13-10-17-6-5-15-13/h2-4,7,13,15H,5-6,8-10H2,1H3. The van der Waals surface area contributed by atoms with Gasteiger partial charge >= 0.3 is 0 Å². The number of thioether (sulfide) groups is 1. The van der Waals surface area contributed by atoms with E-state index in [1.54, 1.807) is 0 Å². The summed E-state index contributed by atoms with van der Waals surface area (Å²) >= 11 is 1.94. The van der Waals surface area contributed by atoms with Crippen LogP contribution < -0.4 is 5.32 Å². The molecule has 0 bridgehead atoms. The highest BCUT2D eigenvalue weighted by Crippen LogP contribution is 2.12. The highest BCUT2D eigenvalue weighted by atomic mass is 32.2. The van der Waals surface area contributed by atoms with E-state index in [4.69, 9.17) is 0 Å². The number of rotatable bonds is 4. The minimum atomic E-state index is 0.343. The fourth-order valence-corrected chi connectivity index (χ4v) is 3.10. The van der Waals surface area contributed by atoms with Gasteiger partial charge in [0.05, 0.1) is 0 Å². The second-order valence-electron chi connectivity index (χ2n) is 4.63. The predicted molar refractivity (Wildman–Crippen MR) is 73.6 cm³/mol. The molecular weight excluding hydrogens is 230 g/mol. The van der Waals surface area contributed by atoms with Gasteiger partial charge in [-0.25, -0.2) is 0 Å². The lowest BCUT2D eigenvalue weighted by atomic mass is 10.0. The average molecular weight is 249 g/mol. The molecule has 0 aromatic heterocycles. The van der Waals surface area contributed by atoms with E-state index < -0.39 is 0 Å². The predicted octanol–water partition coefficient (Wildman–Crippen LogP) is 2.20. The molecule has 2 rings (SSSR count). The molecule has 92 valence electrons. The molecule has 1 aliphatic heterocycles. The van der Waals surface area contributed by atoms with E-state index in [0.29, 0.717) is 24.7 Å². The maximum absolute atomic E-state index is 11.9. The third-order valence-corrected chi connectivity index (χ3v) is 4.09. The summed E-state index contributed by atoms with van der Waals surface area (Å²) in [6, 6.07) is 8.60. The molecule has 1 aliphatic rings. The van der Waals surface area contributed by atoms with Crippen molar-refractivity contribution < 1.29 is 4.79 Å². The fraction of sp³-hybridized carbons (Fsp3) is 0.500. The molecule has 0 aliphatic carbocycles. The molecule has 1 N–H and O–H groups in total. The summed E-state index contributed by atoms with van der Waals surface area (Å²) in [6.45, 7) is 3.10. The van der Waals surface area contributed by atoms with Crippen LogP contribution in [0.1, 0.15) is 17.5 Å². The summed E-state index contributed by atoms with van der Waals surface area (Å²) in [6.07, 6.45) is 1.24. The van der Waals surface area contributed by atoms with Crippen LogP contribution in [0.4, 0.5) is 0 Å². The number of carbonyl (C=O) groups is 1. The van der Waals surface area contributed by atoms with Crippen LogP contribution in [-0.4, -0.2) is 29.9 Å². The first-order chi connectivity index (χ1) is 8.24. The molecule has 1 fully saturated rings. The molecule has 0 spiro atoms. The van der Waals surface area contributed by atoms with E-state index >= 15 is 0 Å². The minimum Gasteiger partial charge on any atom is -0.312 e. The quantitative estimate of drug-likeness (QED) is 0.887. The number of benzene rings is 1. The van der Waals surface area contributed by atoms with Gasteiger partial charge in [-0.1, -0.05) is 29.8 Å². The third-order valence-electron chi connectivity index (χ3n) is 2.96. The first kappa shape index (κ1) is 12.7. The number of nitrogens with one attached hydrogen (secondary N) is 1. The highest BCUT2D eigenvalue weighted by molar-refractivity contribution is 7.99. The molecule has 0 saturated carbocycles. The van der Waals surface area contributed by atoms with Gasteiger partial charge in [-0.2, -0.15) is 11.8 Å². The van der Waals surface area contributed by atoms with Crippen molar-refractivity contribution in [3.63, 3.8) is 0 Å². The average Bonchev–Trinajstić information content (AvgIpc) is 2.30. The van der Waals surface area contributed by atoms with Crippen molar-refractivity contribution in [3.8, 4) is 0 Å². The Labute approximate surface area is 107 Å². The van der Waals surface area contributed by atoms with Crippen molar-refractivity contribution in [3.05, 3.63) is 35.4 Å². The highest BCUT2D eigenvalue weighted by Gasteiger charge is 2.16. The van der Waals surface area contributed by atoms with Gasteiger partial charge in [0.1, 0.15) is 5.78 Å². The van der Waals surface area contributed by atoms with Crippen molar-refractivity contribution in [1.82, 2.24) is 5.32 Å². The number of hydrogen-bond donors (Lipinski definition) is 1. The molecule has 0 radical (unpaired) electrons. The van der Waals surface area contributed by atoms with Gasteiger partial charge in [-0.05, 0) is 12.5 Å². The molecule has 1 atom stereocenters. The second-order valence-corrected chi connectivity index (χ2v) is 5.78. The first-order valence-electron chi connectivity index (χ1n) is 6.12. The van der Waals surface area contributed by atoms with E-state index in [0.717, 1.165) is 17.9 Å². The lowest BCUT2D eigenvalue weighted by molar-refractivity contribution is -0.118. The summed E-state index contributed by atoms with van der Waals surface area (Å²) in [5.41, 5.74) is 2.36. The Morgan fingerprint density at radius 2 is 2.41 bits per heavy atom. The van der Waals surface area contributed by atoms with Gasteiger partial charge in [0.15, 0.2) is 0 Å². The Morgan fingerprint density at radius 1 is 1.53 bits per heavy atom. The normalized spacial score (nSPS) is 20.2. The first-order valence-corrected chi connectivity index (χ1v) is 7.28. The molecule has 1 aromatic carbocycles. The zero-order valence-electron chi connectivity index (χ0n) is 10.2. The van der Waals surface area contributed by atoms with Gasteiger partial charge in [0.2, 0.25) is 0 Å². The zero-order valence-corrected chi connectivity index (χ0v) is 11.1. The lowest BCUT2D eigenvalue weighted by Crippen LogP contribution is -2.39. The second kappa shape index (κ2) is 6.22. The monoisotopic (exact) mass is 249 g/mol. The van der Waals surface area contributed by atoms with Gasteiger partial charge in [0, 0.05) is 36.9 Å². The Kier molecular flexibility index (Phi) is 4.63. The van der Waals surface area contributed by atoms with Crippen LogP contribution in [0, 0.1) is 6.92 Å². The Hall–Kier alpha value is -0.800. The smallest absolute Gasteiger partial charge is 0.138 e. The molecule has 1 unspecified atom stereocenters. The van der Waals surface area contributed by atoms with Gasteiger partial charge in [0.25, 0.3) is 0 Å². The molecule has 1 saturated heterocycles. The third kappa shape index (κ3) is 4.17. The van der Waals surface area contributed by atoms with E-state index in [-0.39, 0.29) is 0 Å². The summed E-state index contributed by atoms with van der Waals surface area (Å²) in [7, 11) is 0. The molecule has 2 nitrogen and oxygen atoms in total. The maximum atomic E-state index is 11.9. The SMILES string of the molecule is Cc1cccc(CC(=O)CC2CSCCN2)c1. The topological polar surface area (TPSA) is 29.1 Å². The summed E-state index contributed by atoms with van der Waals surface area (Å²) in [5.74, 6) is 2.58. The number of carbonyl (C=O) groups excluding carboxylic acids is 1. The molecular formula is C14H19NOS. The Morgan fingerprint density at radius 3 is 3.12 bits per heavy atom. The number of hydrogen-bond acceptors (Lipinski definition) is 3. The zero-order chi connectivity index (χ0) is 12.1. The number of ketones is 1. The Balaban J connectivity index is 1.84. The Bertz CT molecular complexity index is 386. The van der Waals surface area contributed by atoms with Gasteiger partial charge < -0.3 is 5.32 Å². The number of aryl methyl sites for hydroxylation is 1. The van der Waals surface area contributed by atoms with Gasteiger partial charge in [-0.3, -0.25) is 4.79 Å². The minimum absolute atomic E-state index is 0.343. The maximum Gasteiger partial charge on any atom is 0.138 e. The van der Waals surface area contributed by atoms with Crippen LogP contribution in [0.15, 0.2) is 24.3 Å². The van der Waals surface area contributed by atoms with Crippen LogP contribution in [0.25, 0.3) is 0 Å². The van der Waals surface area contributed by atoms with Crippen LogP contribution in [0.5, 0.6) is 0 Å². The molecule has 1 aromatic rings. The van der Waals surface area contributed by atoms with Crippen LogP contribution >= 0.6 is 11.8 Å². The molecule has 1 heterocycles. The van der Waals surface area contributed by atoms with E-state index in [9.17, 15) is 4.79 Å². The molecule has 0 amide bonds. The van der Waals surface area contributed by atoms with E-state index in [1.165, 1.54) is 11.3 Å². The summed E-state index contributed by atoms with van der Waals surface area (Å²) in [4.78, 5) is 11.9. The summed E-state index contributed by atoms with van der Waals surface area (Å²) in [5, 5.41) is 3.41. The fourth-order valence-electron chi connectivity index (χ4n) is 2.15. The molecule has 3 heteroatoms. The van der Waals surface area contributed by atoms with Crippen molar-refractivity contribution in [2.45, 2.75) is 25.8 Å². The van der Waals surface area contributed by atoms with Crippen molar-refractivity contribution in [1.29, 1.82) is 0 Å². The largest absolute Gasteiger partial charge is 0.312 e. The number of Topliss-reactive ketones (excluding diaryl/α,β-unsaturated/α-hetero) is 1.